The molecule has 0 aromatic heterocycles. The Morgan fingerprint density at radius 3 is 1.87 bits per heavy atom. The minimum Gasteiger partial charge on any atom is -0.396 e. The fourth-order valence-electron chi connectivity index (χ4n) is 2.88. The van der Waals surface area contributed by atoms with Gasteiger partial charge in [0.05, 0.1) is 24.4 Å². The Labute approximate surface area is 185 Å². The molecule has 3 N–H and O–H groups in total. The van der Waals surface area contributed by atoms with Crippen molar-refractivity contribution in [3.8, 4) is 0 Å². The normalized spacial score (nSPS) is 15.1. The highest BCUT2D eigenvalue weighted by Gasteiger charge is 2.25. The van der Waals surface area contributed by atoms with E-state index in [2.05, 4.69) is 31.4 Å². The summed E-state index contributed by atoms with van der Waals surface area (Å²) in [6, 6.07) is -0.364. The van der Waals surface area contributed by atoms with Gasteiger partial charge in [-0.3, -0.25) is 10.1 Å². The van der Waals surface area contributed by atoms with E-state index in [1.165, 1.54) is 0 Å². The molecule has 1 amide bonds. The zero-order valence-corrected chi connectivity index (χ0v) is 21.2. The second kappa shape index (κ2) is 13.7. The maximum atomic E-state index is 12.6. The highest BCUT2D eigenvalue weighted by atomic mass is 16.5. The third kappa shape index (κ3) is 18.1. The molecule has 0 radical (unpaired) electrons. The second-order valence-electron chi connectivity index (χ2n) is 11.3. The number of aliphatic hydroxyl groups excluding tert-OH is 1. The second-order valence-corrected chi connectivity index (χ2v) is 11.3. The van der Waals surface area contributed by atoms with Crippen LogP contribution >= 0.6 is 0 Å². The highest BCUT2D eigenvalue weighted by Crippen LogP contribution is 2.15. The van der Waals surface area contributed by atoms with E-state index in [1.807, 2.05) is 41.5 Å². The number of aliphatic hydroxyl groups is 1. The van der Waals surface area contributed by atoms with Crippen molar-refractivity contribution >= 4 is 5.91 Å². The van der Waals surface area contributed by atoms with Crippen LogP contribution in [0.5, 0.6) is 0 Å². The third-order valence-electron chi connectivity index (χ3n) is 4.46. The first kappa shape index (κ1) is 29.3. The number of carbonyl (C=O) groups is 1. The lowest BCUT2D eigenvalue weighted by Crippen LogP contribution is -2.54. The maximum Gasteiger partial charge on any atom is 0.239 e. The zero-order valence-electron chi connectivity index (χ0n) is 21.2. The quantitative estimate of drug-likeness (QED) is 0.362. The van der Waals surface area contributed by atoms with Crippen molar-refractivity contribution < 1.29 is 19.4 Å². The Bertz CT molecular complexity index is 461. The lowest BCUT2D eigenvalue weighted by Gasteiger charge is -2.30. The molecule has 0 saturated heterocycles. The molecule has 2 atom stereocenters. The van der Waals surface area contributed by atoms with Gasteiger partial charge in [-0.25, -0.2) is 0 Å². The SMILES string of the molecule is CC(C)(C)N[C@@H](COC(C)(C)C)C(=O)NCCCCCCC(CO)COC(C)(C)C. The molecule has 0 spiro atoms. The van der Waals surface area contributed by atoms with E-state index in [-0.39, 0.29) is 41.2 Å². The first-order valence-corrected chi connectivity index (χ1v) is 11.6. The number of ether oxygens (including phenoxy) is 2. The van der Waals surface area contributed by atoms with Gasteiger partial charge < -0.3 is 19.9 Å². The Balaban J connectivity index is 4.13. The lowest BCUT2D eigenvalue weighted by molar-refractivity contribution is -0.127. The van der Waals surface area contributed by atoms with Gasteiger partial charge in [0.1, 0.15) is 6.04 Å². The fourth-order valence-corrected chi connectivity index (χ4v) is 2.88. The predicted octanol–water partition coefficient (Wildman–Crippen LogP) is 4.05. The minimum atomic E-state index is -0.364. The van der Waals surface area contributed by atoms with Crippen molar-refractivity contribution in [1.82, 2.24) is 10.6 Å². The summed E-state index contributed by atoms with van der Waals surface area (Å²) in [5.74, 6) is 0.199. The smallest absolute Gasteiger partial charge is 0.239 e. The van der Waals surface area contributed by atoms with Crippen LogP contribution < -0.4 is 10.6 Å². The molecule has 6 heteroatoms. The molecule has 0 rings (SSSR count). The summed E-state index contributed by atoms with van der Waals surface area (Å²) >= 11 is 0. The Morgan fingerprint density at radius 2 is 1.37 bits per heavy atom. The van der Waals surface area contributed by atoms with E-state index in [0.717, 1.165) is 32.1 Å². The summed E-state index contributed by atoms with van der Waals surface area (Å²) in [7, 11) is 0. The lowest BCUT2D eigenvalue weighted by atomic mass is 10.0. The fraction of sp³-hybridized carbons (Fsp3) is 0.958. The van der Waals surface area contributed by atoms with E-state index >= 15 is 0 Å². The Morgan fingerprint density at radius 1 is 0.833 bits per heavy atom. The topological polar surface area (TPSA) is 79.8 Å². The number of hydrogen-bond acceptors (Lipinski definition) is 5. The molecule has 1 unspecified atom stereocenters. The van der Waals surface area contributed by atoms with Gasteiger partial charge in [0.2, 0.25) is 5.91 Å². The Kier molecular flexibility index (Phi) is 13.3. The largest absolute Gasteiger partial charge is 0.396 e. The van der Waals surface area contributed by atoms with Crippen molar-refractivity contribution in [1.29, 1.82) is 0 Å². The van der Waals surface area contributed by atoms with Gasteiger partial charge in [0.15, 0.2) is 0 Å². The van der Waals surface area contributed by atoms with Crippen molar-refractivity contribution in [2.45, 2.75) is 117 Å². The van der Waals surface area contributed by atoms with E-state index in [9.17, 15) is 9.90 Å². The van der Waals surface area contributed by atoms with Crippen LogP contribution in [0, 0.1) is 5.92 Å². The number of carbonyl (C=O) groups excluding carboxylic acids is 1. The summed E-state index contributed by atoms with van der Waals surface area (Å²) < 4.78 is 11.6. The maximum absolute atomic E-state index is 12.6. The average Bonchev–Trinajstić information content (AvgIpc) is 2.57. The number of unbranched alkanes of at least 4 members (excludes halogenated alkanes) is 3. The van der Waals surface area contributed by atoms with Crippen LogP contribution in [0.3, 0.4) is 0 Å². The number of rotatable bonds is 14. The molecule has 180 valence electrons. The molecule has 0 aromatic carbocycles. The monoisotopic (exact) mass is 430 g/mol. The molecule has 0 aliphatic carbocycles. The van der Waals surface area contributed by atoms with Gasteiger partial charge in [0, 0.05) is 24.6 Å². The first-order chi connectivity index (χ1) is 13.6. The molecular weight excluding hydrogens is 380 g/mol. The molecule has 6 nitrogen and oxygen atoms in total. The van der Waals surface area contributed by atoms with Gasteiger partial charge in [-0.05, 0) is 75.2 Å². The van der Waals surface area contributed by atoms with Crippen molar-refractivity contribution in [2.75, 3.05) is 26.4 Å². The molecule has 0 heterocycles. The minimum absolute atomic E-state index is 0.00570. The van der Waals surface area contributed by atoms with Gasteiger partial charge in [-0.15, -0.1) is 0 Å². The van der Waals surface area contributed by atoms with E-state index in [4.69, 9.17) is 9.47 Å². The molecule has 0 fully saturated rings. The van der Waals surface area contributed by atoms with Crippen LogP contribution in [0.4, 0.5) is 0 Å². The first-order valence-electron chi connectivity index (χ1n) is 11.6. The summed E-state index contributed by atoms with van der Waals surface area (Å²) in [5.41, 5.74) is -0.602. The zero-order chi connectivity index (χ0) is 23.4. The summed E-state index contributed by atoms with van der Waals surface area (Å²) in [5, 5.41) is 15.9. The van der Waals surface area contributed by atoms with Crippen LogP contribution in [0.2, 0.25) is 0 Å². The average molecular weight is 431 g/mol. The van der Waals surface area contributed by atoms with E-state index in [1.54, 1.807) is 0 Å². The molecule has 0 aliphatic rings. The van der Waals surface area contributed by atoms with Gasteiger partial charge in [-0.1, -0.05) is 19.3 Å². The molecule has 0 bridgehead atoms. The molecule has 0 aliphatic heterocycles. The number of hydrogen-bond donors (Lipinski definition) is 3. The predicted molar refractivity (Wildman–Crippen MR) is 125 cm³/mol. The van der Waals surface area contributed by atoms with Gasteiger partial charge in [0.25, 0.3) is 0 Å². The summed E-state index contributed by atoms with van der Waals surface area (Å²) in [6.07, 6.45) is 5.16. The van der Waals surface area contributed by atoms with Crippen molar-refractivity contribution in [3.05, 3.63) is 0 Å². The van der Waals surface area contributed by atoms with Crippen LogP contribution in [0.15, 0.2) is 0 Å². The molecule has 0 saturated carbocycles. The highest BCUT2D eigenvalue weighted by molar-refractivity contribution is 5.82. The van der Waals surface area contributed by atoms with E-state index in [0.29, 0.717) is 19.8 Å². The van der Waals surface area contributed by atoms with Crippen LogP contribution in [0.1, 0.15) is 94.4 Å². The van der Waals surface area contributed by atoms with Crippen LogP contribution in [-0.4, -0.2) is 60.2 Å². The molecule has 30 heavy (non-hydrogen) atoms. The van der Waals surface area contributed by atoms with Crippen molar-refractivity contribution in [2.24, 2.45) is 5.92 Å². The van der Waals surface area contributed by atoms with Gasteiger partial charge in [-0.2, -0.15) is 0 Å². The number of nitrogens with one attached hydrogen (secondary N) is 2. The molecule has 0 aromatic rings. The van der Waals surface area contributed by atoms with Crippen LogP contribution in [0.25, 0.3) is 0 Å². The number of amides is 1. The van der Waals surface area contributed by atoms with Gasteiger partial charge >= 0.3 is 0 Å². The third-order valence-corrected chi connectivity index (χ3v) is 4.46. The summed E-state index contributed by atoms with van der Waals surface area (Å²) in [4.78, 5) is 12.6. The molecular formula is C24H50N2O4. The van der Waals surface area contributed by atoms with E-state index < -0.39 is 0 Å². The summed E-state index contributed by atoms with van der Waals surface area (Å²) in [6.45, 7) is 20.1. The Hall–Kier alpha value is -0.690. The standard InChI is InChI=1S/C24H50N2O4/c1-22(2,3)26-20(18-30-24(7,8)9)21(28)25-15-13-11-10-12-14-19(16-27)17-29-23(4,5)6/h19-20,26-27H,10-18H2,1-9H3,(H,25,28)/t19?,20-/m0/s1. The van der Waals surface area contributed by atoms with Crippen molar-refractivity contribution in [3.63, 3.8) is 0 Å². The van der Waals surface area contributed by atoms with Crippen LogP contribution in [-0.2, 0) is 14.3 Å².